The van der Waals surface area contributed by atoms with Gasteiger partial charge in [0.25, 0.3) is 0 Å². The van der Waals surface area contributed by atoms with Crippen LogP contribution in [0.5, 0.6) is 0 Å². The second-order valence-electron chi connectivity index (χ2n) is 6.36. The first-order valence-electron chi connectivity index (χ1n) is 9.29. The lowest BCUT2D eigenvalue weighted by atomic mass is 9.91. The van der Waals surface area contributed by atoms with E-state index in [1.54, 1.807) is 0 Å². The fraction of sp³-hybridized carbons (Fsp3) is 0.286. The lowest BCUT2D eigenvalue weighted by Gasteiger charge is -2.18. The van der Waals surface area contributed by atoms with E-state index < -0.39 is 0 Å². The molecule has 0 bridgehead atoms. The van der Waals surface area contributed by atoms with Crippen molar-refractivity contribution >= 4 is 39.1 Å². The fourth-order valence-electron chi connectivity index (χ4n) is 2.90. The first-order valence-corrected chi connectivity index (χ1v) is 10.6. The van der Waals surface area contributed by atoms with Gasteiger partial charge >= 0.3 is 0 Å². The van der Waals surface area contributed by atoms with Crippen molar-refractivity contribution in [3.63, 3.8) is 0 Å². The Labute approximate surface area is 174 Å². The van der Waals surface area contributed by atoms with E-state index in [0.717, 1.165) is 12.8 Å². The molecular weight excluding hydrogens is 392 g/mol. The third-order valence-electron chi connectivity index (χ3n) is 4.32. The molecule has 3 aromatic rings. The van der Waals surface area contributed by atoms with Crippen molar-refractivity contribution in [2.75, 3.05) is 23.1 Å². The van der Waals surface area contributed by atoms with Crippen molar-refractivity contribution in [1.29, 1.82) is 0 Å². The Morgan fingerprint density at radius 1 is 0.929 bits per heavy atom. The molecule has 0 radical (unpaired) electrons. The van der Waals surface area contributed by atoms with Crippen LogP contribution in [0.1, 0.15) is 36.3 Å². The molecule has 0 saturated carbocycles. The second-order valence-corrected chi connectivity index (χ2v) is 7.72. The van der Waals surface area contributed by atoms with Gasteiger partial charge in [-0.05, 0) is 24.0 Å². The highest BCUT2D eigenvalue weighted by molar-refractivity contribution is 7.19. The molecule has 0 spiro atoms. The summed E-state index contributed by atoms with van der Waals surface area (Å²) >= 11 is 6.98. The van der Waals surface area contributed by atoms with E-state index >= 15 is 0 Å². The van der Waals surface area contributed by atoms with Gasteiger partial charge in [-0.15, -0.1) is 21.8 Å². The highest BCUT2D eigenvalue weighted by atomic mass is 35.5. The van der Waals surface area contributed by atoms with Crippen molar-refractivity contribution in [3.05, 3.63) is 71.8 Å². The van der Waals surface area contributed by atoms with Crippen LogP contribution in [0.3, 0.4) is 0 Å². The van der Waals surface area contributed by atoms with Gasteiger partial charge in [0.1, 0.15) is 0 Å². The number of unbranched alkanes of at least 4 members (excludes halogenated alkanes) is 1. The number of alkyl halides is 1. The molecule has 0 atom stereocenters. The summed E-state index contributed by atoms with van der Waals surface area (Å²) in [4.78, 5) is 11.9. The van der Waals surface area contributed by atoms with Crippen LogP contribution in [0.15, 0.2) is 60.7 Å². The Kier molecular flexibility index (Phi) is 7.82. The minimum absolute atomic E-state index is 0.0562. The summed E-state index contributed by atoms with van der Waals surface area (Å²) in [6, 6.07) is 20.8. The standard InChI is InChI=1S/C21H23ClN4OS/c22-14-8-7-13-19(27)24-21-26-25-20(28-21)23-15-18(16-9-3-1-4-10-16)17-11-5-2-6-12-17/h1-6,9-12,18H,7-8,13-15H2,(H,23,25)(H,24,26,27). The molecule has 0 aliphatic heterocycles. The van der Waals surface area contributed by atoms with Crippen molar-refractivity contribution in [2.24, 2.45) is 0 Å². The molecule has 0 saturated heterocycles. The Morgan fingerprint density at radius 3 is 2.14 bits per heavy atom. The predicted octanol–water partition coefficient (Wildman–Crippen LogP) is 5.13. The van der Waals surface area contributed by atoms with Gasteiger partial charge in [0.05, 0.1) is 0 Å². The first kappa shape index (κ1) is 20.3. The Bertz CT molecular complexity index is 818. The zero-order chi connectivity index (χ0) is 19.6. The highest BCUT2D eigenvalue weighted by Crippen LogP contribution is 2.27. The van der Waals surface area contributed by atoms with Gasteiger partial charge in [0.2, 0.25) is 16.2 Å². The van der Waals surface area contributed by atoms with Crippen LogP contribution in [0.25, 0.3) is 0 Å². The van der Waals surface area contributed by atoms with E-state index in [4.69, 9.17) is 11.6 Å². The average Bonchev–Trinajstić information content (AvgIpc) is 3.17. The van der Waals surface area contributed by atoms with Crippen molar-refractivity contribution in [1.82, 2.24) is 10.2 Å². The quantitative estimate of drug-likeness (QED) is 0.356. The molecule has 0 aliphatic carbocycles. The van der Waals surface area contributed by atoms with Crippen LogP contribution in [0, 0.1) is 0 Å². The van der Waals surface area contributed by atoms with Crippen molar-refractivity contribution < 1.29 is 4.79 Å². The number of carbonyl (C=O) groups excluding carboxylic acids is 1. The van der Waals surface area contributed by atoms with Gasteiger partial charge in [-0.25, -0.2) is 0 Å². The van der Waals surface area contributed by atoms with Crippen LogP contribution >= 0.6 is 22.9 Å². The van der Waals surface area contributed by atoms with Crippen LogP contribution in [-0.4, -0.2) is 28.5 Å². The largest absolute Gasteiger partial charge is 0.359 e. The van der Waals surface area contributed by atoms with E-state index in [0.29, 0.717) is 29.1 Å². The van der Waals surface area contributed by atoms with Crippen LogP contribution in [0.4, 0.5) is 10.3 Å². The lowest BCUT2D eigenvalue weighted by molar-refractivity contribution is -0.116. The second kappa shape index (κ2) is 10.8. The number of nitrogens with zero attached hydrogens (tertiary/aromatic N) is 2. The number of benzene rings is 2. The molecule has 1 amide bonds. The van der Waals surface area contributed by atoms with Crippen LogP contribution in [0.2, 0.25) is 0 Å². The predicted molar refractivity (Wildman–Crippen MR) is 116 cm³/mol. The summed E-state index contributed by atoms with van der Waals surface area (Å²) in [5.74, 6) is 0.712. The molecule has 3 rings (SSSR count). The molecule has 0 fully saturated rings. The first-order chi connectivity index (χ1) is 13.8. The third-order valence-corrected chi connectivity index (χ3v) is 5.38. The van der Waals surface area contributed by atoms with Gasteiger partial charge < -0.3 is 10.6 Å². The minimum atomic E-state index is -0.0562. The maximum absolute atomic E-state index is 11.9. The van der Waals surface area contributed by atoms with Gasteiger partial charge in [0, 0.05) is 24.8 Å². The number of carbonyl (C=O) groups is 1. The summed E-state index contributed by atoms with van der Waals surface area (Å²) in [5.41, 5.74) is 2.47. The van der Waals surface area contributed by atoms with Crippen molar-refractivity contribution in [2.45, 2.75) is 25.2 Å². The molecule has 5 nitrogen and oxygen atoms in total. The molecule has 0 aliphatic rings. The molecule has 2 N–H and O–H groups in total. The van der Waals surface area contributed by atoms with Crippen LogP contribution < -0.4 is 10.6 Å². The number of aromatic nitrogens is 2. The highest BCUT2D eigenvalue weighted by Gasteiger charge is 2.15. The zero-order valence-corrected chi connectivity index (χ0v) is 17.0. The Morgan fingerprint density at radius 2 is 1.54 bits per heavy atom. The maximum atomic E-state index is 11.9. The SMILES string of the molecule is O=C(CCCCCl)Nc1nnc(NCC(c2ccccc2)c2ccccc2)s1. The lowest BCUT2D eigenvalue weighted by Crippen LogP contribution is -2.14. The number of amides is 1. The minimum Gasteiger partial charge on any atom is -0.359 e. The summed E-state index contributed by atoms with van der Waals surface area (Å²) in [5, 5.41) is 15.6. The molecule has 7 heteroatoms. The monoisotopic (exact) mass is 414 g/mol. The Balaban J connectivity index is 1.61. The van der Waals surface area contributed by atoms with Crippen molar-refractivity contribution in [3.8, 4) is 0 Å². The Hall–Kier alpha value is -2.44. The average molecular weight is 415 g/mol. The number of anilines is 2. The van der Waals surface area contributed by atoms with E-state index in [1.165, 1.54) is 22.5 Å². The zero-order valence-electron chi connectivity index (χ0n) is 15.5. The normalized spacial score (nSPS) is 10.8. The molecule has 1 aromatic heterocycles. The summed E-state index contributed by atoms with van der Waals surface area (Å²) in [6.07, 6.45) is 2.05. The van der Waals surface area contributed by atoms with Gasteiger partial charge in [0.15, 0.2) is 0 Å². The topological polar surface area (TPSA) is 66.9 Å². The molecular formula is C21H23ClN4OS. The molecule has 0 unspecified atom stereocenters. The number of nitrogens with one attached hydrogen (secondary N) is 2. The molecule has 2 aromatic carbocycles. The number of rotatable bonds is 10. The molecule has 28 heavy (non-hydrogen) atoms. The smallest absolute Gasteiger partial charge is 0.226 e. The van der Waals surface area contributed by atoms with E-state index in [2.05, 4.69) is 45.1 Å². The summed E-state index contributed by atoms with van der Waals surface area (Å²) < 4.78 is 0. The van der Waals surface area contributed by atoms with Crippen LogP contribution in [-0.2, 0) is 4.79 Å². The summed E-state index contributed by atoms with van der Waals surface area (Å²) in [7, 11) is 0. The van der Waals surface area contributed by atoms with E-state index in [-0.39, 0.29) is 11.8 Å². The molecule has 1 heterocycles. The van der Waals surface area contributed by atoms with E-state index in [9.17, 15) is 4.79 Å². The fourth-order valence-corrected chi connectivity index (χ4v) is 3.75. The number of hydrogen-bond donors (Lipinski definition) is 2. The maximum Gasteiger partial charge on any atom is 0.226 e. The van der Waals surface area contributed by atoms with Gasteiger partial charge in [-0.3, -0.25) is 4.79 Å². The number of halogens is 1. The number of hydrogen-bond acceptors (Lipinski definition) is 5. The van der Waals surface area contributed by atoms with E-state index in [1.807, 2.05) is 36.4 Å². The third kappa shape index (κ3) is 6.04. The summed E-state index contributed by atoms with van der Waals surface area (Å²) in [6.45, 7) is 0.687. The molecule has 146 valence electrons. The van der Waals surface area contributed by atoms with Gasteiger partial charge in [-0.1, -0.05) is 72.0 Å². The van der Waals surface area contributed by atoms with Gasteiger partial charge in [-0.2, -0.15) is 0 Å².